The molecule has 0 saturated carbocycles. The SMILES string of the molecule is CC1C=Cc2cccc(-c3ccccc3-c3nc(-c4c(-c5ccc6ccccc6c5)ccc5ccccc45)nc(C4C=CC=C5c6ccccc6SC54C)n3)c2C1. The first-order valence-electron chi connectivity index (χ1n) is 19.9. The van der Waals surface area contributed by atoms with Gasteiger partial charge in [0.05, 0.1) is 10.7 Å². The number of benzene rings is 7. The summed E-state index contributed by atoms with van der Waals surface area (Å²) in [5.74, 6) is 2.52. The van der Waals surface area contributed by atoms with Gasteiger partial charge in [0.25, 0.3) is 0 Å². The zero-order valence-corrected chi connectivity index (χ0v) is 32.7. The maximum atomic E-state index is 5.58. The van der Waals surface area contributed by atoms with Crippen molar-refractivity contribution in [1.82, 2.24) is 15.0 Å². The zero-order chi connectivity index (χ0) is 38.1. The summed E-state index contributed by atoms with van der Waals surface area (Å²) in [4.78, 5) is 18.0. The van der Waals surface area contributed by atoms with Crippen LogP contribution in [0.25, 0.3) is 78.2 Å². The lowest BCUT2D eigenvalue weighted by atomic mass is 9.79. The minimum absolute atomic E-state index is 0.0999. The number of nitrogens with zero attached hydrogens (tertiary/aromatic N) is 3. The number of allylic oxidation sites excluding steroid dienone is 4. The molecule has 7 aromatic carbocycles. The van der Waals surface area contributed by atoms with Crippen LogP contribution in [0.15, 0.2) is 175 Å². The summed E-state index contributed by atoms with van der Waals surface area (Å²) < 4.78 is -0.297. The van der Waals surface area contributed by atoms with E-state index < -0.39 is 0 Å². The van der Waals surface area contributed by atoms with Crippen LogP contribution in [0.2, 0.25) is 0 Å². The molecule has 3 aliphatic rings. The standard InChI is InChI=1S/C53H39N3S/c1-33-25-26-36-16-11-21-42(45(36)31-33)41-18-7-8-19-43(41)50-54-51(47-23-12-22-46-44-20-9-10-24-48(44)57-53(46,47)2)56-52(55-50)49-39-17-6-5-14-35(39)29-30-40(49)38-28-27-34-13-3-4-15-37(34)32-38/h3-30,32-33,47H,31H2,1-2H3. The van der Waals surface area contributed by atoms with Crippen LogP contribution in [0.1, 0.15) is 42.3 Å². The van der Waals surface area contributed by atoms with Crippen LogP contribution >= 0.6 is 11.8 Å². The van der Waals surface area contributed by atoms with Gasteiger partial charge in [0.15, 0.2) is 11.6 Å². The Labute approximate surface area is 337 Å². The van der Waals surface area contributed by atoms with Gasteiger partial charge in [-0.05, 0) is 97.5 Å². The minimum atomic E-state index is -0.297. The molecule has 1 aliphatic heterocycles. The van der Waals surface area contributed by atoms with Crippen molar-refractivity contribution < 1.29 is 0 Å². The summed E-state index contributed by atoms with van der Waals surface area (Å²) >= 11 is 1.92. The maximum Gasteiger partial charge on any atom is 0.164 e. The summed E-state index contributed by atoms with van der Waals surface area (Å²) in [5.41, 5.74) is 11.9. The first kappa shape index (κ1) is 33.9. The highest BCUT2D eigenvalue weighted by molar-refractivity contribution is 8.01. The number of hydrogen-bond donors (Lipinski definition) is 0. The largest absolute Gasteiger partial charge is 0.212 e. The minimum Gasteiger partial charge on any atom is -0.212 e. The summed E-state index contributed by atoms with van der Waals surface area (Å²) in [5, 5.41) is 4.68. The van der Waals surface area contributed by atoms with Gasteiger partial charge in [0, 0.05) is 16.0 Å². The van der Waals surface area contributed by atoms with Crippen LogP contribution in [0.4, 0.5) is 0 Å². The third kappa shape index (κ3) is 5.62. The van der Waals surface area contributed by atoms with Gasteiger partial charge in [0.1, 0.15) is 5.82 Å². The Bertz CT molecular complexity index is 3030. The highest BCUT2D eigenvalue weighted by Gasteiger charge is 2.47. The van der Waals surface area contributed by atoms with Gasteiger partial charge in [-0.3, -0.25) is 0 Å². The summed E-state index contributed by atoms with van der Waals surface area (Å²) in [6, 6.07) is 52.5. The van der Waals surface area contributed by atoms with E-state index in [9.17, 15) is 0 Å². The molecule has 3 nitrogen and oxygen atoms in total. The van der Waals surface area contributed by atoms with Crippen molar-refractivity contribution in [2.45, 2.75) is 35.8 Å². The fourth-order valence-electron chi connectivity index (χ4n) is 9.28. The maximum absolute atomic E-state index is 5.58. The van der Waals surface area contributed by atoms with E-state index in [4.69, 9.17) is 15.0 Å². The molecule has 0 N–H and O–H groups in total. The third-order valence-corrected chi connectivity index (χ3v) is 13.6. The molecule has 0 saturated heterocycles. The molecule has 0 spiro atoms. The summed E-state index contributed by atoms with van der Waals surface area (Å²) in [6.07, 6.45) is 12.4. The Morgan fingerprint density at radius 1 is 0.596 bits per heavy atom. The number of aromatic nitrogens is 3. The topological polar surface area (TPSA) is 38.7 Å². The first-order valence-corrected chi connectivity index (χ1v) is 20.7. The number of rotatable bonds is 5. The molecule has 1 aromatic heterocycles. The van der Waals surface area contributed by atoms with Gasteiger partial charge >= 0.3 is 0 Å². The molecular formula is C53H39N3S. The van der Waals surface area contributed by atoms with Gasteiger partial charge in [-0.1, -0.05) is 171 Å². The van der Waals surface area contributed by atoms with Crippen molar-refractivity contribution in [3.05, 3.63) is 192 Å². The summed E-state index contributed by atoms with van der Waals surface area (Å²) in [6.45, 7) is 4.66. The Hall–Kier alpha value is -6.36. The second kappa shape index (κ2) is 13.4. The molecule has 0 bridgehead atoms. The third-order valence-electron chi connectivity index (χ3n) is 12.1. The van der Waals surface area contributed by atoms with Crippen molar-refractivity contribution in [1.29, 1.82) is 0 Å². The molecule has 57 heavy (non-hydrogen) atoms. The Balaban J connectivity index is 1.18. The first-order chi connectivity index (χ1) is 28.0. The van der Waals surface area contributed by atoms with E-state index >= 15 is 0 Å². The van der Waals surface area contributed by atoms with Crippen molar-refractivity contribution >= 4 is 45.0 Å². The molecule has 0 fully saturated rings. The monoisotopic (exact) mass is 749 g/mol. The Morgan fingerprint density at radius 2 is 1.32 bits per heavy atom. The second-order valence-electron chi connectivity index (χ2n) is 15.7. The van der Waals surface area contributed by atoms with Crippen molar-refractivity contribution in [2.24, 2.45) is 5.92 Å². The van der Waals surface area contributed by atoms with Crippen LogP contribution in [0, 0.1) is 5.92 Å². The molecule has 3 unspecified atom stereocenters. The molecule has 4 heteroatoms. The highest BCUT2D eigenvalue weighted by atomic mass is 32.2. The van der Waals surface area contributed by atoms with Crippen molar-refractivity contribution in [3.63, 3.8) is 0 Å². The Morgan fingerprint density at radius 3 is 2.21 bits per heavy atom. The van der Waals surface area contributed by atoms with Crippen molar-refractivity contribution in [3.8, 4) is 45.0 Å². The average Bonchev–Trinajstić information content (AvgIpc) is 3.57. The fraction of sp³-hybridized carbons (Fsp3) is 0.113. The summed E-state index contributed by atoms with van der Waals surface area (Å²) in [7, 11) is 0. The lowest BCUT2D eigenvalue weighted by Crippen LogP contribution is -2.30. The van der Waals surface area contributed by atoms with Crippen LogP contribution < -0.4 is 0 Å². The molecule has 8 aromatic rings. The highest BCUT2D eigenvalue weighted by Crippen LogP contribution is 2.60. The van der Waals surface area contributed by atoms with E-state index in [1.54, 1.807) is 0 Å². The molecule has 3 atom stereocenters. The number of fused-ring (bicyclic) bond motifs is 6. The van der Waals surface area contributed by atoms with Crippen LogP contribution in [-0.4, -0.2) is 19.7 Å². The van der Waals surface area contributed by atoms with Gasteiger partial charge in [-0.25, -0.2) is 15.0 Å². The molecule has 11 rings (SSSR count). The average molecular weight is 750 g/mol. The fourth-order valence-corrected chi connectivity index (χ4v) is 10.8. The predicted octanol–water partition coefficient (Wildman–Crippen LogP) is 13.7. The molecular weight excluding hydrogens is 711 g/mol. The lowest BCUT2D eigenvalue weighted by Gasteiger charge is -2.34. The van der Waals surface area contributed by atoms with Crippen LogP contribution in [-0.2, 0) is 6.42 Å². The lowest BCUT2D eigenvalue weighted by molar-refractivity contribution is 0.664. The second-order valence-corrected chi connectivity index (χ2v) is 17.2. The predicted molar refractivity (Wildman–Crippen MR) is 239 cm³/mol. The smallest absolute Gasteiger partial charge is 0.164 e. The van der Waals surface area contributed by atoms with Gasteiger partial charge in [0.2, 0.25) is 0 Å². The molecule has 0 radical (unpaired) electrons. The quantitative estimate of drug-likeness (QED) is 0.176. The Kier molecular flexibility index (Phi) is 7.97. The molecule has 272 valence electrons. The normalized spacial score (nSPS) is 19.3. The van der Waals surface area contributed by atoms with E-state index in [1.165, 1.54) is 43.5 Å². The number of thioether (sulfide) groups is 1. The molecule has 0 amide bonds. The van der Waals surface area contributed by atoms with E-state index in [-0.39, 0.29) is 10.7 Å². The molecule has 2 heterocycles. The van der Waals surface area contributed by atoms with E-state index in [0.29, 0.717) is 17.6 Å². The molecule has 2 aliphatic carbocycles. The van der Waals surface area contributed by atoms with Crippen molar-refractivity contribution in [2.75, 3.05) is 0 Å². The number of hydrogen-bond acceptors (Lipinski definition) is 4. The van der Waals surface area contributed by atoms with E-state index in [0.717, 1.165) is 50.8 Å². The van der Waals surface area contributed by atoms with Gasteiger partial charge < -0.3 is 0 Å². The van der Waals surface area contributed by atoms with E-state index in [1.807, 2.05) is 11.8 Å². The van der Waals surface area contributed by atoms with Crippen LogP contribution in [0.3, 0.4) is 0 Å². The van der Waals surface area contributed by atoms with Gasteiger partial charge in [-0.15, -0.1) is 11.8 Å². The van der Waals surface area contributed by atoms with Gasteiger partial charge in [-0.2, -0.15) is 0 Å². The zero-order valence-electron chi connectivity index (χ0n) is 31.9. The van der Waals surface area contributed by atoms with E-state index in [2.05, 4.69) is 190 Å². The van der Waals surface area contributed by atoms with Crippen LogP contribution in [0.5, 0.6) is 0 Å².